The Labute approximate surface area is 195 Å². The maximum Gasteiger partial charge on any atom is 0.336 e. The molecule has 34 heavy (non-hydrogen) atoms. The molecule has 0 aromatic heterocycles. The van der Waals surface area contributed by atoms with Crippen LogP contribution in [-0.4, -0.2) is 56.8 Å². The quantitative estimate of drug-likeness (QED) is 0.269. The average Bonchev–Trinajstić information content (AvgIpc) is 3.07. The van der Waals surface area contributed by atoms with Crippen molar-refractivity contribution in [3.05, 3.63) is 75.8 Å². The molecule has 2 saturated heterocycles. The van der Waals surface area contributed by atoms with Gasteiger partial charge in [-0.15, -0.1) is 0 Å². The highest BCUT2D eigenvalue weighted by molar-refractivity contribution is 6.12. The van der Waals surface area contributed by atoms with E-state index in [4.69, 9.17) is 4.74 Å². The topological polar surface area (TPSA) is 139 Å². The van der Waals surface area contributed by atoms with Gasteiger partial charge < -0.3 is 14.7 Å². The highest BCUT2D eigenvalue weighted by Crippen LogP contribution is 2.34. The third-order valence-corrected chi connectivity index (χ3v) is 6.37. The van der Waals surface area contributed by atoms with Gasteiger partial charge in [0.1, 0.15) is 6.61 Å². The molecule has 1 amide bonds. The first-order valence-electron chi connectivity index (χ1n) is 10.9. The Kier molecular flexibility index (Phi) is 6.45. The summed E-state index contributed by atoms with van der Waals surface area (Å²) in [7, 11) is 0. The molecule has 10 heteroatoms. The maximum atomic E-state index is 13.3. The fourth-order valence-electron chi connectivity index (χ4n) is 4.62. The lowest BCUT2D eigenvalue weighted by Gasteiger charge is -2.32. The number of ether oxygens (including phenoxy) is 1. The van der Waals surface area contributed by atoms with E-state index in [-0.39, 0.29) is 37.7 Å². The second-order valence-corrected chi connectivity index (χ2v) is 8.73. The summed E-state index contributed by atoms with van der Waals surface area (Å²) >= 11 is 0. The lowest BCUT2D eigenvalue weighted by Crippen LogP contribution is -2.60. The number of hydrogen-bond donors (Lipinski definition) is 2. The molecule has 2 aliphatic rings. The van der Waals surface area contributed by atoms with Gasteiger partial charge in [-0.05, 0) is 30.2 Å². The zero-order chi connectivity index (χ0) is 24.5. The van der Waals surface area contributed by atoms with E-state index in [1.807, 2.05) is 30.3 Å². The number of benzene rings is 2. The second kappa shape index (κ2) is 9.32. The molecule has 0 spiro atoms. The molecule has 4 rings (SSSR count). The average molecular weight is 467 g/mol. The Hall–Kier alpha value is -3.63. The van der Waals surface area contributed by atoms with E-state index in [1.54, 1.807) is 0 Å². The van der Waals surface area contributed by atoms with E-state index >= 15 is 0 Å². The highest BCUT2D eigenvalue weighted by Gasteiger charge is 2.60. The lowest BCUT2D eigenvalue weighted by atomic mass is 9.88. The van der Waals surface area contributed by atoms with E-state index in [2.05, 4.69) is 5.32 Å². The number of aliphatic hydroxyl groups excluding tert-OH is 1. The number of carbonyl (C=O) groups excluding carboxylic acids is 3. The maximum absolute atomic E-state index is 13.3. The Bertz CT molecular complexity index is 1100. The number of nitrogens with one attached hydrogen (secondary N) is 1. The van der Waals surface area contributed by atoms with Crippen LogP contribution in [0.5, 0.6) is 0 Å². The van der Waals surface area contributed by atoms with Crippen LogP contribution in [0.25, 0.3) is 0 Å². The van der Waals surface area contributed by atoms with Crippen molar-refractivity contribution in [2.24, 2.45) is 5.92 Å². The molecule has 2 N–H and O–H groups in total. The molecule has 178 valence electrons. The number of likely N-dealkylation sites (tertiary alicyclic amines) is 1. The summed E-state index contributed by atoms with van der Waals surface area (Å²) in [5, 5.41) is 24.2. The van der Waals surface area contributed by atoms with E-state index < -0.39 is 40.3 Å². The highest BCUT2D eigenvalue weighted by atomic mass is 16.6. The van der Waals surface area contributed by atoms with Crippen molar-refractivity contribution in [1.82, 2.24) is 10.2 Å². The summed E-state index contributed by atoms with van der Waals surface area (Å²) < 4.78 is 5.45. The third-order valence-electron chi connectivity index (χ3n) is 6.37. The molecular weight excluding hydrogens is 442 g/mol. The first kappa shape index (κ1) is 23.5. The predicted octanol–water partition coefficient (Wildman–Crippen LogP) is 1.35. The third kappa shape index (κ3) is 4.42. The van der Waals surface area contributed by atoms with Gasteiger partial charge in [0.15, 0.2) is 11.3 Å². The first-order valence-corrected chi connectivity index (χ1v) is 10.9. The van der Waals surface area contributed by atoms with Crippen molar-refractivity contribution >= 4 is 23.3 Å². The fraction of sp³-hybridized carbons (Fsp3) is 0.375. The van der Waals surface area contributed by atoms with Crippen LogP contribution in [0.15, 0.2) is 54.6 Å². The molecule has 0 saturated carbocycles. The van der Waals surface area contributed by atoms with E-state index in [1.165, 1.54) is 36.1 Å². The van der Waals surface area contributed by atoms with Gasteiger partial charge >= 0.3 is 5.97 Å². The molecule has 4 atom stereocenters. The van der Waals surface area contributed by atoms with Crippen molar-refractivity contribution < 1.29 is 29.2 Å². The summed E-state index contributed by atoms with van der Waals surface area (Å²) in [5.74, 6) is -2.45. The number of nitro groups is 1. The van der Waals surface area contributed by atoms with Gasteiger partial charge in [-0.2, -0.15) is 0 Å². The van der Waals surface area contributed by atoms with Crippen molar-refractivity contribution in [1.29, 1.82) is 0 Å². The Balaban J connectivity index is 1.58. The molecule has 0 radical (unpaired) electrons. The molecule has 2 fully saturated rings. The number of hydrogen-bond acceptors (Lipinski definition) is 8. The number of fused-ring (bicyclic) bond motifs is 2. The molecule has 0 unspecified atom stereocenters. The predicted molar refractivity (Wildman–Crippen MR) is 119 cm³/mol. The minimum absolute atomic E-state index is 0.0763. The lowest BCUT2D eigenvalue weighted by molar-refractivity contribution is -0.384. The number of ketones is 1. The Morgan fingerprint density at radius 1 is 1.21 bits per heavy atom. The number of Topliss-reactive ketones (excluding diaryl/α,β-unsaturated/α-hetero) is 1. The SMILES string of the molecule is C[C@@H](O)[C@H]1C(=O)N(Cc2ccccc2)C[C@@]2(C(=O)OCc3ccc([N+](=O)[O-])cc3)N[C@@H]1CC2=O. The smallest absolute Gasteiger partial charge is 0.336 e. The molecule has 2 heterocycles. The largest absolute Gasteiger partial charge is 0.459 e. The van der Waals surface area contributed by atoms with Gasteiger partial charge in [0.05, 0.1) is 23.5 Å². The molecule has 2 aromatic carbocycles. The van der Waals surface area contributed by atoms with Crippen molar-refractivity contribution in [2.75, 3.05) is 6.54 Å². The zero-order valence-corrected chi connectivity index (χ0v) is 18.5. The van der Waals surface area contributed by atoms with Gasteiger partial charge in [-0.3, -0.25) is 25.0 Å². The Morgan fingerprint density at radius 2 is 1.88 bits per heavy atom. The van der Waals surface area contributed by atoms with Gasteiger partial charge in [0.25, 0.3) is 5.69 Å². The minimum Gasteiger partial charge on any atom is -0.459 e. The van der Waals surface area contributed by atoms with Crippen molar-refractivity contribution in [3.8, 4) is 0 Å². The van der Waals surface area contributed by atoms with Crippen LogP contribution in [0.2, 0.25) is 0 Å². The summed E-state index contributed by atoms with van der Waals surface area (Å²) in [6, 6.07) is 14.0. The van der Waals surface area contributed by atoms with E-state index in [0.717, 1.165) is 5.56 Å². The molecule has 10 nitrogen and oxygen atoms in total. The fourth-order valence-corrected chi connectivity index (χ4v) is 4.62. The molecule has 2 aliphatic heterocycles. The number of amides is 1. The number of non-ortho nitro benzene ring substituents is 1. The van der Waals surface area contributed by atoms with Gasteiger partial charge in [-0.1, -0.05) is 30.3 Å². The zero-order valence-electron chi connectivity index (χ0n) is 18.5. The number of aliphatic hydroxyl groups is 1. The van der Waals surface area contributed by atoms with Crippen molar-refractivity contribution in [3.63, 3.8) is 0 Å². The van der Waals surface area contributed by atoms with Gasteiger partial charge in [-0.25, -0.2) is 4.79 Å². The van der Waals surface area contributed by atoms with Crippen LogP contribution in [0.4, 0.5) is 5.69 Å². The van der Waals surface area contributed by atoms with Crippen LogP contribution in [0.1, 0.15) is 24.5 Å². The van der Waals surface area contributed by atoms with Crippen LogP contribution >= 0.6 is 0 Å². The number of esters is 1. The molecule has 2 aromatic rings. The number of nitrogens with zero attached hydrogens (tertiary/aromatic N) is 2. The minimum atomic E-state index is -1.75. The van der Waals surface area contributed by atoms with E-state index in [0.29, 0.717) is 5.56 Å². The van der Waals surface area contributed by atoms with Crippen LogP contribution in [-0.2, 0) is 32.3 Å². The monoisotopic (exact) mass is 467 g/mol. The van der Waals surface area contributed by atoms with E-state index in [9.17, 15) is 29.6 Å². The first-order chi connectivity index (χ1) is 16.2. The Morgan fingerprint density at radius 3 is 2.50 bits per heavy atom. The summed E-state index contributed by atoms with van der Waals surface area (Å²) in [6.07, 6.45) is -1.10. The summed E-state index contributed by atoms with van der Waals surface area (Å²) in [5.41, 5.74) is -0.503. The number of nitro benzene ring substituents is 1. The normalized spacial score (nSPS) is 25.1. The van der Waals surface area contributed by atoms with Crippen LogP contribution in [0.3, 0.4) is 0 Å². The standard InChI is InChI=1S/C24H25N3O7/c1-15(28)21-19-11-20(29)24(25-19,14-26(22(21)30)12-16-5-3-2-4-6-16)23(31)34-13-17-7-9-18(10-8-17)27(32)33/h2-10,15,19,21,25,28H,11-14H2,1H3/t15-,19-,21-,24-/m1/s1. The molecule has 2 bridgehead atoms. The summed E-state index contributed by atoms with van der Waals surface area (Å²) in [6.45, 7) is 1.25. The van der Waals surface area contributed by atoms with Crippen LogP contribution in [0, 0.1) is 16.0 Å². The second-order valence-electron chi connectivity index (χ2n) is 8.73. The molecular formula is C24H25N3O7. The van der Waals surface area contributed by atoms with Gasteiger partial charge in [0.2, 0.25) is 5.91 Å². The van der Waals surface area contributed by atoms with Crippen LogP contribution < -0.4 is 5.32 Å². The summed E-state index contributed by atoms with van der Waals surface area (Å²) in [4.78, 5) is 51.4. The van der Waals surface area contributed by atoms with Gasteiger partial charge in [0, 0.05) is 31.1 Å². The number of carbonyl (C=O) groups is 3. The number of rotatable bonds is 7. The molecule has 0 aliphatic carbocycles. The van der Waals surface area contributed by atoms with Crippen molar-refractivity contribution in [2.45, 2.75) is 44.2 Å².